The van der Waals surface area contributed by atoms with Crippen LogP contribution >= 0.6 is 11.3 Å². The zero-order valence-electron chi connectivity index (χ0n) is 9.77. The third-order valence-electron chi connectivity index (χ3n) is 2.36. The van der Waals surface area contributed by atoms with Crippen LogP contribution in [0.25, 0.3) is 10.4 Å². The van der Waals surface area contributed by atoms with Crippen LogP contribution in [0.1, 0.15) is 16.6 Å². The quantitative estimate of drug-likeness (QED) is 0.866. The molecule has 0 saturated heterocycles. The Hall–Kier alpha value is -1.88. The van der Waals surface area contributed by atoms with Gasteiger partial charge >= 0.3 is 5.97 Å². The molecule has 5 heteroatoms. The highest BCUT2D eigenvalue weighted by atomic mass is 32.1. The Morgan fingerprint density at radius 2 is 2.17 bits per heavy atom. The van der Waals surface area contributed by atoms with Crippen LogP contribution in [0.4, 0.5) is 10.1 Å². The van der Waals surface area contributed by atoms with Gasteiger partial charge in [0.15, 0.2) is 0 Å². The summed E-state index contributed by atoms with van der Waals surface area (Å²) < 4.78 is 18.5. The number of hydrogen-bond donors (Lipinski definition) is 1. The van der Waals surface area contributed by atoms with E-state index in [2.05, 4.69) is 0 Å². The molecule has 2 rings (SSSR count). The summed E-state index contributed by atoms with van der Waals surface area (Å²) >= 11 is 1.14. The number of anilines is 1. The minimum Gasteiger partial charge on any atom is -0.462 e. The zero-order chi connectivity index (χ0) is 13.1. The molecule has 0 spiro atoms. The fourth-order valence-corrected chi connectivity index (χ4v) is 2.56. The van der Waals surface area contributed by atoms with Gasteiger partial charge in [0.05, 0.1) is 12.3 Å². The monoisotopic (exact) mass is 265 g/mol. The van der Waals surface area contributed by atoms with Crippen molar-refractivity contribution in [2.45, 2.75) is 6.92 Å². The lowest BCUT2D eigenvalue weighted by Gasteiger charge is -1.99. The van der Waals surface area contributed by atoms with Gasteiger partial charge in [-0.1, -0.05) is 18.2 Å². The van der Waals surface area contributed by atoms with Crippen LogP contribution in [0.15, 0.2) is 30.3 Å². The predicted molar refractivity (Wildman–Crippen MR) is 70.1 cm³/mol. The first-order valence-electron chi connectivity index (χ1n) is 5.44. The van der Waals surface area contributed by atoms with Gasteiger partial charge in [-0.15, -0.1) is 11.3 Å². The van der Waals surface area contributed by atoms with Gasteiger partial charge in [0.2, 0.25) is 0 Å². The number of halogens is 1. The Bertz CT molecular complexity index is 580. The second kappa shape index (κ2) is 5.18. The minimum absolute atomic E-state index is 0.283. The number of benzene rings is 1. The number of hydrogen-bond acceptors (Lipinski definition) is 4. The van der Waals surface area contributed by atoms with Gasteiger partial charge in [-0.05, 0) is 19.1 Å². The lowest BCUT2D eigenvalue weighted by atomic mass is 10.2. The maximum Gasteiger partial charge on any atom is 0.350 e. The van der Waals surface area contributed by atoms with Crippen molar-refractivity contribution in [1.29, 1.82) is 0 Å². The van der Waals surface area contributed by atoms with Gasteiger partial charge in [-0.2, -0.15) is 0 Å². The number of thiophene rings is 1. The molecule has 0 bridgehead atoms. The molecule has 0 unspecified atom stereocenters. The Labute approximate surface area is 108 Å². The van der Waals surface area contributed by atoms with Crippen LogP contribution in [-0.4, -0.2) is 12.6 Å². The molecule has 0 aliphatic heterocycles. The molecule has 3 nitrogen and oxygen atoms in total. The van der Waals surface area contributed by atoms with Crippen LogP contribution in [-0.2, 0) is 4.74 Å². The van der Waals surface area contributed by atoms with E-state index >= 15 is 0 Å². The van der Waals surface area contributed by atoms with E-state index in [-0.39, 0.29) is 12.4 Å². The molecule has 0 saturated carbocycles. The standard InChI is InChI=1S/C13H12FNO2S/c1-2-17-13(16)12-10(15)7-11(18-12)8-5-3-4-6-9(8)14/h3-7H,2,15H2,1H3. The molecule has 1 aromatic heterocycles. The number of carbonyl (C=O) groups is 1. The first-order chi connectivity index (χ1) is 8.63. The van der Waals surface area contributed by atoms with Gasteiger partial charge in [-0.3, -0.25) is 0 Å². The SMILES string of the molecule is CCOC(=O)c1sc(-c2ccccc2F)cc1N. The first kappa shape index (κ1) is 12.6. The first-order valence-corrected chi connectivity index (χ1v) is 6.26. The molecule has 0 aliphatic carbocycles. The normalized spacial score (nSPS) is 10.3. The molecule has 0 aliphatic rings. The van der Waals surface area contributed by atoms with Crippen LogP contribution in [0.2, 0.25) is 0 Å². The second-order valence-electron chi connectivity index (χ2n) is 3.60. The van der Waals surface area contributed by atoms with Crippen molar-refractivity contribution in [1.82, 2.24) is 0 Å². The smallest absolute Gasteiger partial charge is 0.350 e. The number of rotatable bonds is 3. The maximum atomic E-state index is 13.6. The molecule has 0 fully saturated rings. The number of ether oxygens (including phenoxy) is 1. The summed E-state index contributed by atoms with van der Waals surface area (Å²) in [6, 6.07) is 7.96. The van der Waals surface area contributed by atoms with E-state index in [1.165, 1.54) is 6.07 Å². The molecule has 1 heterocycles. The van der Waals surface area contributed by atoms with Crippen molar-refractivity contribution in [2.75, 3.05) is 12.3 Å². The van der Waals surface area contributed by atoms with Gasteiger partial charge in [0.25, 0.3) is 0 Å². The summed E-state index contributed by atoms with van der Waals surface area (Å²) in [6.07, 6.45) is 0. The fourth-order valence-electron chi connectivity index (χ4n) is 1.56. The molecule has 0 radical (unpaired) electrons. The van der Waals surface area contributed by atoms with Crippen molar-refractivity contribution in [3.05, 3.63) is 41.0 Å². The number of nitrogens with two attached hydrogens (primary N) is 1. The molecule has 2 N–H and O–H groups in total. The zero-order valence-corrected chi connectivity index (χ0v) is 10.6. The Kier molecular flexibility index (Phi) is 3.62. The third kappa shape index (κ3) is 2.36. The van der Waals surface area contributed by atoms with Crippen LogP contribution in [0.5, 0.6) is 0 Å². The van der Waals surface area contributed by atoms with E-state index in [1.54, 1.807) is 31.2 Å². The highest BCUT2D eigenvalue weighted by molar-refractivity contribution is 7.18. The van der Waals surface area contributed by atoms with E-state index in [4.69, 9.17) is 10.5 Å². The van der Waals surface area contributed by atoms with Crippen molar-refractivity contribution >= 4 is 23.0 Å². The van der Waals surface area contributed by atoms with Gasteiger partial charge in [-0.25, -0.2) is 9.18 Å². The van der Waals surface area contributed by atoms with Gasteiger partial charge in [0, 0.05) is 10.4 Å². The predicted octanol–water partition coefficient (Wildman–Crippen LogP) is 3.31. The summed E-state index contributed by atoms with van der Waals surface area (Å²) in [6.45, 7) is 2.00. The molecule has 18 heavy (non-hydrogen) atoms. The molecule has 0 atom stereocenters. The maximum absolute atomic E-state index is 13.6. The van der Waals surface area contributed by atoms with Crippen molar-refractivity contribution in [3.8, 4) is 10.4 Å². The summed E-state index contributed by atoms with van der Waals surface area (Å²) in [5.41, 5.74) is 6.50. The lowest BCUT2D eigenvalue weighted by Crippen LogP contribution is -2.04. The molecule has 0 amide bonds. The summed E-state index contributed by atoms with van der Waals surface area (Å²) in [4.78, 5) is 12.5. The highest BCUT2D eigenvalue weighted by Crippen LogP contribution is 2.34. The van der Waals surface area contributed by atoms with E-state index in [1.807, 2.05) is 0 Å². The number of nitrogen functional groups attached to an aromatic ring is 1. The summed E-state index contributed by atoms with van der Waals surface area (Å²) in [5.74, 6) is -0.809. The molecule has 1 aromatic carbocycles. The number of esters is 1. The van der Waals surface area contributed by atoms with Crippen molar-refractivity contribution in [2.24, 2.45) is 0 Å². The minimum atomic E-state index is -0.470. The summed E-state index contributed by atoms with van der Waals surface area (Å²) in [5, 5.41) is 0. The van der Waals surface area contributed by atoms with E-state index in [9.17, 15) is 9.18 Å². The number of carbonyl (C=O) groups excluding carboxylic acids is 1. The summed E-state index contributed by atoms with van der Waals surface area (Å²) in [7, 11) is 0. The van der Waals surface area contributed by atoms with Crippen molar-refractivity contribution < 1.29 is 13.9 Å². The fraction of sp³-hybridized carbons (Fsp3) is 0.154. The van der Waals surface area contributed by atoms with Gasteiger partial charge < -0.3 is 10.5 Å². The van der Waals surface area contributed by atoms with Crippen LogP contribution in [0, 0.1) is 5.82 Å². The molecule has 2 aromatic rings. The Morgan fingerprint density at radius 1 is 1.44 bits per heavy atom. The molecular weight excluding hydrogens is 253 g/mol. The molecule has 94 valence electrons. The van der Waals surface area contributed by atoms with Gasteiger partial charge in [0.1, 0.15) is 10.7 Å². The van der Waals surface area contributed by atoms with E-state index in [0.717, 1.165) is 11.3 Å². The topological polar surface area (TPSA) is 52.3 Å². The van der Waals surface area contributed by atoms with Crippen molar-refractivity contribution in [3.63, 3.8) is 0 Å². The highest BCUT2D eigenvalue weighted by Gasteiger charge is 2.17. The van der Waals surface area contributed by atoms with E-state index < -0.39 is 5.97 Å². The third-order valence-corrected chi connectivity index (χ3v) is 3.53. The largest absolute Gasteiger partial charge is 0.462 e. The van der Waals surface area contributed by atoms with Crippen LogP contribution < -0.4 is 5.73 Å². The average molecular weight is 265 g/mol. The lowest BCUT2D eigenvalue weighted by molar-refractivity contribution is 0.0533. The van der Waals surface area contributed by atoms with E-state index in [0.29, 0.717) is 21.0 Å². The average Bonchev–Trinajstić information content (AvgIpc) is 2.72. The Balaban J connectivity index is 2.41. The second-order valence-corrected chi connectivity index (χ2v) is 4.65. The molecular formula is C13H12FNO2S. The Morgan fingerprint density at radius 3 is 2.83 bits per heavy atom. The van der Waals surface area contributed by atoms with Crippen LogP contribution in [0.3, 0.4) is 0 Å².